The summed E-state index contributed by atoms with van der Waals surface area (Å²) in [5.74, 6) is -2.83. The van der Waals surface area contributed by atoms with Gasteiger partial charge in [-0.15, -0.1) is 0 Å². The Kier molecular flexibility index (Phi) is 19.3. The van der Waals surface area contributed by atoms with Crippen LogP contribution in [-0.4, -0.2) is 96.9 Å². The zero-order valence-corrected chi connectivity index (χ0v) is 32.6. The maximum Gasteiger partial charge on any atom is 0.500 e. The van der Waals surface area contributed by atoms with Gasteiger partial charge in [0.2, 0.25) is 5.78 Å². The number of carbonyl (C=O) groups excluding carboxylic acids is 3. The minimum atomic E-state index is -3.02. The lowest BCUT2D eigenvalue weighted by atomic mass is 9.94. The summed E-state index contributed by atoms with van der Waals surface area (Å²) < 4.78 is 47.5. The second-order valence-electron chi connectivity index (χ2n) is 10.6. The van der Waals surface area contributed by atoms with Crippen LogP contribution in [0.2, 0.25) is 12.1 Å². The summed E-state index contributed by atoms with van der Waals surface area (Å²) in [5, 5.41) is 5.52. The molecule has 2 N–H and O–H groups in total. The molecule has 12 nitrogen and oxygen atoms in total. The molecule has 0 heterocycles. The Hall–Kier alpha value is -2.61. The highest BCUT2D eigenvalue weighted by molar-refractivity contribution is 7.89. The average molecular weight is 739 g/mol. The highest BCUT2D eigenvalue weighted by Gasteiger charge is 2.58. The van der Waals surface area contributed by atoms with Crippen LogP contribution < -0.4 is 10.6 Å². The molecular weight excluding hydrogens is 685 g/mol. The standard InChI is InChI=1S/C34H54N2O10SSi2/c1-7-41-48(42-8-2,43-9-3)27-19-25-35-32(38)34(31(37)29-21-15-13-16-22-29,47(40)30-23-17-14-18-24-30)33(39)36-26-20-28-49(44-10-4,45-11-5)46-12-6/h13-18,21-24H,7-12,19-20,25-28H2,1-6H3,(H,35,38)(H,36,39). The molecule has 2 rings (SSSR count). The van der Waals surface area contributed by atoms with E-state index >= 15 is 0 Å². The van der Waals surface area contributed by atoms with Crippen LogP contribution in [0, 0.1) is 0 Å². The molecule has 15 heteroatoms. The minimum absolute atomic E-state index is 0.0507. The number of hydrogen-bond acceptors (Lipinski definition) is 10. The molecule has 0 saturated carbocycles. The lowest BCUT2D eigenvalue weighted by Gasteiger charge is -2.31. The number of carbonyl (C=O) groups is 3. The molecule has 1 atom stereocenters. The van der Waals surface area contributed by atoms with Crippen LogP contribution in [0.5, 0.6) is 0 Å². The first-order chi connectivity index (χ1) is 23.7. The molecule has 0 bridgehead atoms. The maximum absolute atomic E-state index is 14.5. The van der Waals surface area contributed by atoms with E-state index in [-0.39, 0.29) is 23.5 Å². The van der Waals surface area contributed by atoms with Gasteiger partial charge in [-0.2, -0.15) is 0 Å². The van der Waals surface area contributed by atoms with Gasteiger partial charge in [-0.1, -0.05) is 48.5 Å². The van der Waals surface area contributed by atoms with E-state index in [9.17, 15) is 18.6 Å². The Morgan fingerprint density at radius 2 is 0.939 bits per heavy atom. The van der Waals surface area contributed by atoms with Crippen molar-refractivity contribution in [2.75, 3.05) is 52.7 Å². The number of Topliss-reactive ketones (excluding diaryl/α,β-unsaturated/α-hetero) is 1. The van der Waals surface area contributed by atoms with E-state index in [1.165, 1.54) is 24.3 Å². The summed E-state index contributed by atoms with van der Waals surface area (Å²) in [6, 6.07) is 16.8. The molecule has 274 valence electrons. The third-order valence-corrected chi connectivity index (χ3v) is 15.4. The van der Waals surface area contributed by atoms with E-state index in [0.717, 1.165) is 0 Å². The topological polar surface area (TPSA) is 148 Å². The average Bonchev–Trinajstić information content (AvgIpc) is 3.10. The van der Waals surface area contributed by atoms with Crippen molar-refractivity contribution in [3.05, 3.63) is 66.2 Å². The molecule has 0 radical (unpaired) electrons. The monoisotopic (exact) mass is 738 g/mol. The van der Waals surface area contributed by atoms with Crippen LogP contribution in [0.4, 0.5) is 0 Å². The zero-order valence-electron chi connectivity index (χ0n) is 29.7. The van der Waals surface area contributed by atoms with E-state index in [2.05, 4.69) is 10.6 Å². The van der Waals surface area contributed by atoms with E-state index in [1.54, 1.807) is 36.4 Å². The van der Waals surface area contributed by atoms with Crippen LogP contribution in [0.3, 0.4) is 0 Å². The molecule has 0 aliphatic rings. The molecule has 0 aromatic heterocycles. The molecular formula is C34H54N2O10SSi2. The van der Waals surface area contributed by atoms with Crippen LogP contribution in [0.25, 0.3) is 0 Å². The van der Waals surface area contributed by atoms with Gasteiger partial charge in [-0.3, -0.25) is 18.6 Å². The van der Waals surface area contributed by atoms with Crippen LogP contribution in [0.1, 0.15) is 64.7 Å². The first kappa shape index (κ1) is 42.6. The molecule has 0 saturated heterocycles. The fraction of sp³-hybridized carbons (Fsp3) is 0.559. The lowest BCUT2D eigenvalue weighted by Crippen LogP contribution is -2.64. The summed E-state index contributed by atoms with van der Waals surface area (Å²) >= 11 is 0. The molecule has 2 amide bonds. The van der Waals surface area contributed by atoms with Crippen LogP contribution >= 0.6 is 0 Å². The molecule has 0 aliphatic heterocycles. The second-order valence-corrected chi connectivity index (χ2v) is 17.7. The number of rotatable bonds is 26. The summed E-state index contributed by atoms with van der Waals surface area (Å²) in [7, 11) is -8.49. The Morgan fingerprint density at radius 1 is 0.592 bits per heavy atom. The van der Waals surface area contributed by atoms with Gasteiger partial charge >= 0.3 is 17.6 Å². The minimum Gasteiger partial charge on any atom is -0.374 e. The molecule has 0 spiro atoms. The van der Waals surface area contributed by atoms with E-state index in [4.69, 9.17) is 26.6 Å². The smallest absolute Gasteiger partial charge is 0.374 e. The van der Waals surface area contributed by atoms with E-state index < -0.39 is 50.8 Å². The van der Waals surface area contributed by atoms with Gasteiger partial charge in [0.25, 0.3) is 16.6 Å². The van der Waals surface area contributed by atoms with Crippen molar-refractivity contribution < 1.29 is 45.1 Å². The van der Waals surface area contributed by atoms with E-state index in [1.807, 2.05) is 41.5 Å². The largest absolute Gasteiger partial charge is 0.500 e. The normalized spacial score (nSPS) is 12.8. The van der Waals surface area contributed by atoms with Gasteiger partial charge in [-0.05, 0) is 66.5 Å². The Labute approximate surface area is 296 Å². The number of ketones is 1. The molecule has 2 aromatic rings. The number of benzene rings is 2. The van der Waals surface area contributed by atoms with Gasteiger partial charge in [0.1, 0.15) is 0 Å². The quantitative estimate of drug-likeness (QED) is 0.0611. The van der Waals surface area contributed by atoms with Gasteiger partial charge < -0.3 is 37.2 Å². The highest BCUT2D eigenvalue weighted by Crippen LogP contribution is 2.28. The molecule has 49 heavy (non-hydrogen) atoms. The first-order valence-electron chi connectivity index (χ1n) is 17.1. The lowest BCUT2D eigenvalue weighted by molar-refractivity contribution is -0.131. The summed E-state index contributed by atoms with van der Waals surface area (Å²) in [4.78, 5) is 43.3. The van der Waals surface area contributed by atoms with Crippen LogP contribution in [-0.2, 0) is 46.9 Å². The fourth-order valence-electron chi connectivity index (χ4n) is 5.34. The summed E-state index contributed by atoms with van der Waals surface area (Å²) in [6.07, 6.45) is 0.734. The van der Waals surface area contributed by atoms with Gasteiger partial charge in [0.05, 0.1) is 10.8 Å². The van der Waals surface area contributed by atoms with Gasteiger partial charge in [-0.25, -0.2) is 0 Å². The Bertz CT molecular complexity index is 1170. The Balaban J connectivity index is 2.47. The van der Waals surface area contributed by atoms with Crippen LogP contribution in [0.15, 0.2) is 65.6 Å². The van der Waals surface area contributed by atoms with Crippen molar-refractivity contribution in [2.45, 2.75) is 76.1 Å². The van der Waals surface area contributed by atoms with Crippen molar-refractivity contribution in [1.29, 1.82) is 0 Å². The third-order valence-electron chi connectivity index (χ3n) is 7.31. The first-order valence-corrected chi connectivity index (χ1v) is 22.1. The number of hydrogen-bond donors (Lipinski definition) is 2. The van der Waals surface area contributed by atoms with Crippen molar-refractivity contribution >= 4 is 46.0 Å². The zero-order chi connectivity index (χ0) is 36.2. The van der Waals surface area contributed by atoms with Crippen molar-refractivity contribution in [1.82, 2.24) is 10.6 Å². The maximum atomic E-state index is 14.5. The number of amides is 2. The second kappa shape index (κ2) is 22.3. The predicted molar refractivity (Wildman–Crippen MR) is 192 cm³/mol. The third kappa shape index (κ3) is 11.7. The molecule has 2 aromatic carbocycles. The van der Waals surface area contributed by atoms with Crippen molar-refractivity contribution in [3.8, 4) is 0 Å². The van der Waals surface area contributed by atoms with E-state index in [0.29, 0.717) is 64.6 Å². The summed E-state index contributed by atoms with van der Waals surface area (Å²) in [6.45, 7) is 13.6. The highest BCUT2D eigenvalue weighted by atomic mass is 32.2. The molecule has 0 fully saturated rings. The molecule has 0 aliphatic carbocycles. The Morgan fingerprint density at radius 3 is 1.29 bits per heavy atom. The SMILES string of the molecule is CCO[Si](CCCNC(=O)C(C(=O)NCCC[Si](OCC)(OCC)OCC)(C(=O)c1ccccc1)S(=O)c1ccccc1)(OCC)OCC. The van der Waals surface area contributed by atoms with Crippen molar-refractivity contribution in [3.63, 3.8) is 0 Å². The van der Waals surface area contributed by atoms with Gasteiger partial charge in [0.15, 0.2) is 0 Å². The summed E-state index contributed by atoms with van der Waals surface area (Å²) in [5.41, 5.74) is 0.0722. The molecule has 1 unspecified atom stereocenters. The van der Waals surface area contributed by atoms with Gasteiger partial charge in [0, 0.05) is 75.3 Å². The predicted octanol–water partition coefficient (Wildman–Crippen LogP) is 4.53. The van der Waals surface area contributed by atoms with Crippen molar-refractivity contribution in [2.24, 2.45) is 0 Å². The number of nitrogens with one attached hydrogen (secondary N) is 2. The fourth-order valence-corrected chi connectivity index (χ4v) is 12.1.